The number of aryl methyl sites for hydroxylation is 1. The zero-order chi connectivity index (χ0) is 24.5. The first-order chi connectivity index (χ1) is 16.1. The van der Waals surface area contributed by atoms with Crippen molar-refractivity contribution in [2.45, 2.75) is 18.0 Å². The maximum atomic E-state index is 13.3. The molecule has 2 aromatic carbocycles. The monoisotopic (exact) mass is 493 g/mol. The number of nitrogens with zero attached hydrogens (tertiary/aromatic N) is 3. The number of aromatic nitrogens is 1. The Morgan fingerprint density at radius 2 is 1.76 bits per heavy atom. The Hall–Kier alpha value is -3.18. The number of sulfonamides is 1. The average molecular weight is 494 g/mol. The second kappa shape index (κ2) is 9.22. The van der Waals surface area contributed by atoms with E-state index in [1.165, 1.54) is 27.4 Å². The summed E-state index contributed by atoms with van der Waals surface area (Å²) in [7, 11) is -3.85. The largest absolute Gasteiger partial charge is 0.483 e. The van der Waals surface area contributed by atoms with Crippen molar-refractivity contribution in [1.29, 1.82) is 0 Å². The lowest BCUT2D eigenvalue weighted by molar-refractivity contribution is -0.141. The van der Waals surface area contributed by atoms with E-state index in [1.807, 2.05) is 13.0 Å². The minimum atomic E-state index is -4.60. The molecule has 0 unspecified atom stereocenters. The first-order valence-electron chi connectivity index (χ1n) is 10.5. The molecule has 2 heterocycles. The van der Waals surface area contributed by atoms with E-state index in [0.717, 1.165) is 17.7 Å². The number of pyridine rings is 1. The van der Waals surface area contributed by atoms with E-state index in [1.54, 1.807) is 18.3 Å². The van der Waals surface area contributed by atoms with Crippen LogP contribution in [0.15, 0.2) is 59.6 Å². The first kappa shape index (κ1) is 24.0. The number of rotatable bonds is 5. The summed E-state index contributed by atoms with van der Waals surface area (Å²) in [5.41, 5.74) is 0.329. The summed E-state index contributed by atoms with van der Waals surface area (Å²) in [4.78, 5) is 18.3. The smallest absolute Gasteiger partial charge is 0.419 e. The fraction of sp³-hybridized carbons (Fsp3) is 0.304. The Labute approximate surface area is 194 Å². The van der Waals surface area contributed by atoms with Gasteiger partial charge in [-0.1, -0.05) is 24.3 Å². The van der Waals surface area contributed by atoms with Crippen LogP contribution in [0.25, 0.3) is 10.9 Å². The number of benzene rings is 2. The Morgan fingerprint density at radius 1 is 1.06 bits per heavy atom. The molecular formula is C23H22F3N3O4S. The summed E-state index contributed by atoms with van der Waals surface area (Å²) < 4.78 is 72.2. The Balaban J connectivity index is 1.41. The predicted molar refractivity (Wildman–Crippen MR) is 119 cm³/mol. The van der Waals surface area contributed by atoms with Gasteiger partial charge in [0.05, 0.1) is 11.1 Å². The third kappa shape index (κ3) is 4.85. The number of ether oxygens (including phenoxy) is 1. The van der Waals surface area contributed by atoms with E-state index in [4.69, 9.17) is 4.74 Å². The van der Waals surface area contributed by atoms with Gasteiger partial charge in [0.15, 0.2) is 6.61 Å². The maximum Gasteiger partial charge on any atom is 0.419 e. The van der Waals surface area contributed by atoms with Gasteiger partial charge < -0.3 is 9.64 Å². The van der Waals surface area contributed by atoms with Crippen molar-refractivity contribution in [3.63, 3.8) is 0 Å². The van der Waals surface area contributed by atoms with E-state index in [2.05, 4.69) is 4.98 Å². The molecule has 0 saturated carbocycles. The van der Waals surface area contributed by atoms with Crippen LogP contribution in [-0.2, 0) is 21.0 Å². The lowest BCUT2D eigenvalue weighted by atomic mass is 10.2. The predicted octanol–water partition coefficient (Wildman–Crippen LogP) is 3.47. The fourth-order valence-corrected chi connectivity index (χ4v) is 5.41. The normalized spacial score (nSPS) is 15.5. The summed E-state index contributed by atoms with van der Waals surface area (Å²) in [6, 6.07) is 11.5. The minimum Gasteiger partial charge on any atom is -0.483 e. The highest BCUT2D eigenvalue weighted by Crippen LogP contribution is 2.36. The highest BCUT2D eigenvalue weighted by atomic mass is 32.2. The molecule has 0 N–H and O–H groups in total. The summed E-state index contributed by atoms with van der Waals surface area (Å²) in [5.74, 6) is -0.945. The van der Waals surface area contributed by atoms with Gasteiger partial charge in [-0.15, -0.1) is 0 Å². The molecule has 3 aromatic rings. The molecule has 1 aliphatic heterocycles. The number of hydrogen-bond acceptors (Lipinski definition) is 5. The standard InChI is InChI=1S/C23H22F3N3O4S/c1-16-13-17-5-4-8-20(22(17)27-14-16)34(31,32)29-11-9-28(10-12-29)21(30)15-33-19-7-3-2-6-18(19)23(24,25)26/h2-8,13-14H,9-12,15H2,1H3. The molecule has 34 heavy (non-hydrogen) atoms. The van der Waals surface area contributed by atoms with Crippen LogP contribution in [0.1, 0.15) is 11.1 Å². The van der Waals surface area contributed by atoms with E-state index >= 15 is 0 Å². The van der Waals surface area contributed by atoms with Crippen molar-refractivity contribution in [3.8, 4) is 5.75 Å². The number of piperazine rings is 1. The van der Waals surface area contributed by atoms with E-state index in [9.17, 15) is 26.4 Å². The van der Waals surface area contributed by atoms with Gasteiger partial charge in [0.2, 0.25) is 10.0 Å². The Bertz CT molecular complexity index is 1320. The molecule has 4 rings (SSSR count). The van der Waals surface area contributed by atoms with Crippen molar-refractivity contribution < 1.29 is 31.1 Å². The zero-order valence-electron chi connectivity index (χ0n) is 18.2. The molecule has 1 amide bonds. The van der Waals surface area contributed by atoms with Gasteiger partial charge in [0.1, 0.15) is 10.6 Å². The lowest BCUT2D eigenvalue weighted by Crippen LogP contribution is -2.51. The Morgan fingerprint density at radius 3 is 2.47 bits per heavy atom. The molecule has 1 fully saturated rings. The molecule has 1 aliphatic rings. The van der Waals surface area contributed by atoms with E-state index in [-0.39, 0.29) is 31.1 Å². The highest BCUT2D eigenvalue weighted by molar-refractivity contribution is 7.89. The van der Waals surface area contributed by atoms with Gasteiger partial charge in [-0.3, -0.25) is 9.78 Å². The van der Waals surface area contributed by atoms with Gasteiger partial charge >= 0.3 is 6.18 Å². The molecule has 1 saturated heterocycles. The first-order valence-corrected chi connectivity index (χ1v) is 11.9. The molecule has 7 nitrogen and oxygen atoms in total. The molecule has 0 spiro atoms. The summed E-state index contributed by atoms with van der Waals surface area (Å²) in [5, 5.41) is 0.714. The molecule has 180 valence electrons. The minimum absolute atomic E-state index is 0.0511. The number of fused-ring (bicyclic) bond motifs is 1. The zero-order valence-corrected chi connectivity index (χ0v) is 19.1. The van der Waals surface area contributed by atoms with Crippen molar-refractivity contribution >= 4 is 26.8 Å². The molecule has 0 atom stereocenters. The second-order valence-corrected chi connectivity index (χ2v) is 9.81. The Kier molecular flexibility index (Phi) is 6.50. The third-order valence-corrected chi connectivity index (χ3v) is 7.49. The maximum absolute atomic E-state index is 13.3. The number of carbonyl (C=O) groups excluding carboxylic acids is 1. The van der Waals surface area contributed by atoms with Crippen LogP contribution >= 0.6 is 0 Å². The van der Waals surface area contributed by atoms with E-state index in [0.29, 0.717) is 10.9 Å². The van der Waals surface area contributed by atoms with Crippen molar-refractivity contribution in [2.75, 3.05) is 32.8 Å². The third-order valence-electron chi connectivity index (χ3n) is 5.56. The van der Waals surface area contributed by atoms with E-state index < -0.39 is 40.0 Å². The van der Waals surface area contributed by atoms with Crippen molar-refractivity contribution in [2.24, 2.45) is 0 Å². The molecule has 0 aliphatic carbocycles. The molecule has 0 bridgehead atoms. The fourth-order valence-electron chi connectivity index (χ4n) is 3.83. The van der Waals surface area contributed by atoms with Crippen LogP contribution in [-0.4, -0.2) is 61.3 Å². The van der Waals surface area contributed by atoms with Crippen molar-refractivity contribution in [3.05, 3.63) is 65.9 Å². The lowest BCUT2D eigenvalue weighted by Gasteiger charge is -2.34. The summed E-state index contributed by atoms with van der Waals surface area (Å²) in [6.07, 6.45) is -3.00. The molecule has 11 heteroatoms. The number of halogens is 3. The number of amides is 1. The van der Waals surface area contributed by atoms with Gasteiger partial charge in [0, 0.05) is 37.8 Å². The van der Waals surface area contributed by atoms with Crippen LogP contribution in [0.3, 0.4) is 0 Å². The topological polar surface area (TPSA) is 79.8 Å². The number of para-hydroxylation sites is 2. The average Bonchev–Trinajstić information content (AvgIpc) is 2.81. The second-order valence-electron chi connectivity index (χ2n) is 7.91. The van der Waals surface area contributed by atoms with Crippen LogP contribution in [0, 0.1) is 6.92 Å². The number of carbonyl (C=O) groups is 1. The quantitative estimate of drug-likeness (QED) is 0.544. The summed E-state index contributed by atoms with van der Waals surface area (Å²) >= 11 is 0. The summed E-state index contributed by atoms with van der Waals surface area (Å²) in [6.45, 7) is 1.59. The van der Waals surface area contributed by atoms with Gasteiger partial charge in [-0.05, 0) is 36.8 Å². The SMILES string of the molecule is Cc1cnc2c(S(=O)(=O)N3CCN(C(=O)COc4ccccc4C(F)(F)F)CC3)cccc2c1. The van der Waals surface area contributed by atoms with Gasteiger partial charge in [-0.2, -0.15) is 17.5 Å². The van der Waals surface area contributed by atoms with Crippen LogP contribution in [0.5, 0.6) is 5.75 Å². The number of hydrogen-bond donors (Lipinski definition) is 0. The van der Waals surface area contributed by atoms with Crippen LogP contribution < -0.4 is 4.74 Å². The van der Waals surface area contributed by atoms with Crippen LogP contribution in [0.2, 0.25) is 0 Å². The molecular weight excluding hydrogens is 471 g/mol. The molecule has 0 radical (unpaired) electrons. The van der Waals surface area contributed by atoms with Gasteiger partial charge in [0.25, 0.3) is 5.91 Å². The number of alkyl halides is 3. The van der Waals surface area contributed by atoms with Crippen molar-refractivity contribution in [1.82, 2.24) is 14.2 Å². The highest BCUT2D eigenvalue weighted by Gasteiger charge is 2.35. The van der Waals surface area contributed by atoms with Crippen LogP contribution in [0.4, 0.5) is 13.2 Å². The van der Waals surface area contributed by atoms with Gasteiger partial charge in [-0.25, -0.2) is 8.42 Å². The molecule has 1 aromatic heterocycles.